The number of hydrogen-bond donors (Lipinski definition) is 0. The van der Waals surface area contributed by atoms with E-state index in [4.69, 9.17) is 0 Å². The summed E-state index contributed by atoms with van der Waals surface area (Å²) in [5, 5.41) is 2.40. The van der Waals surface area contributed by atoms with Gasteiger partial charge in [0.05, 0.1) is 5.33 Å². The van der Waals surface area contributed by atoms with Gasteiger partial charge < -0.3 is 0 Å². The van der Waals surface area contributed by atoms with E-state index in [1.165, 1.54) is 11.8 Å². The van der Waals surface area contributed by atoms with E-state index in [1.54, 1.807) is 12.5 Å². The SMILES string of the molecule is C=CSC(=NC)C(=O)CBr. The standard InChI is InChI=1S/C6H8BrNOS/c1-3-10-6(8-2)5(9)4-7/h3H,1,4H2,2H3. The molecule has 0 radical (unpaired) electrons. The zero-order valence-corrected chi connectivity index (χ0v) is 8.04. The van der Waals surface area contributed by atoms with E-state index in [2.05, 4.69) is 27.5 Å². The average Bonchev–Trinajstić information content (AvgIpc) is 1.99. The Labute approximate surface area is 72.9 Å². The molecule has 56 valence electrons. The Kier molecular flexibility index (Phi) is 5.63. The van der Waals surface area contributed by atoms with Gasteiger partial charge in [-0.2, -0.15) is 0 Å². The fourth-order valence-corrected chi connectivity index (χ4v) is 1.30. The molecule has 0 N–H and O–H groups in total. The highest BCUT2D eigenvalue weighted by molar-refractivity contribution is 9.09. The fraction of sp³-hybridized carbons (Fsp3) is 0.333. The molecule has 10 heavy (non-hydrogen) atoms. The van der Waals surface area contributed by atoms with Crippen LogP contribution in [0.4, 0.5) is 0 Å². The van der Waals surface area contributed by atoms with E-state index < -0.39 is 0 Å². The van der Waals surface area contributed by atoms with Gasteiger partial charge in [-0.05, 0) is 5.41 Å². The second-order valence-electron chi connectivity index (χ2n) is 1.37. The van der Waals surface area contributed by atoms with E-state index in [-0.39, 0.29) is 5.78 Å². The van der Waals surface area contributed by atoms with Gasteiger partial charge in [-0.1, -0.05) is 34.3 Å². The number of alkyl halides is 1. The van der Waals surface area contributed by atoms with E-state index in [9.17, 15) is 4.79 Å². The lowest BCUT2D eigenvalue weighted by molar-refractivity contribution is -0.110. The van der Waals surface area contributed by atoms with Crippen molar-refractivity contribution in [3.63, 3.8) is 0 Å². The smallest absolute Gasteiger partial charge is 0.198 e. The molecule has 0 aliphatic rings. The predicted molar refractivity (Wildman–Crippen MR) is 49.9 cm³/mol. The molecule has 0 saturated heterocycles. The maximum atomic E-state index is 10.9. The molecule has 4 heteroatoms. The van der Waals surface area contributed by atoms with Gasteiger partial charge in [-0.25, -0.2) is 0 Å². The van der Waals surface area contributed by atoms with Gasteiger partial charge in [0.2, 0.25) is 0 Å². The lowest BCUT2D eigenvalue weighted by atomic mass is 10.5. The molecule has 0 fully saturated rings. The van der Waals surface area contributed by atoms with E-state index in [0.29, 0.717) is 10.4 Å². The van der Waals surface area contributed by atoms with Crippen LogP contribution in [0.2, 0.25) is 0 Å². The Morgan fingerprint density at radius 1 is 1.90 bits per heavy atom. The summed E-state index contributed by atoms with van der Waals surface area (Å²) in [6.45, 7) is 3.48. The molecule has 0 heterocycles. The number of Topliss-reactive ketones (excluding diaryl/α,β-unsaturated/α-hetero) is 1. The highest BCUT2D eigenvalue weighted by Gasteiger charge is 2.06. The Morgan fingerprint density at radius 3 is 2.80 bits per heavy atom. The number of nitrogens with zero attached hydrogens (tertiary/aromatic N) is 1. The zero-order valence-electron chi connectivity index (χ0n) is 5.63. The number of ketones is 1. The largest absolute Gasteiger partial charge is 0.291 e. The van der Waals surface area contributed by atoms with Crippen LogP contribution in [-0.2, 0) is 4.79 Å². The molecule has 0 aliphatic heterocycles. The summed E-state index contributed by atoms with van der Waals surface area (Å²) < 4.78 is 0. The molecule has 2 nitrogen and oxygen atoms in total. The first-order valence-corrected chi connectivity index (χ1v) is 4.59. The van der Waals surface area contributed by atoms with E-state index in [1.807, 2.05) is 0 Å². The summed E-state index contributed by atoms with van der Waals surface area (Å²) >= 11 is 4.29. The minimum Gasteiger partial charge on any atom is -0.291 e. The normalized spacial score (nSPS) is 11.2. The van der Waals surface area contributed by atoms with Crippen molar-refractivity contribution in [3.8, 4) is 0 Å². The second kappa shape index (κ2) is 5.68. The topological polar surface area (TPSA) is 29.4 Å². The summed E-state index contributed by atoms with van der Waals surface area (Å²) in [6, 6.07) is 0. The van der Waals surface area contributed by atoms with Gasteiger partial charge in [0.25, 0.3) is 0 Å². The molecule has 0 aromatic carbocycles. The predicted octanol–water partition coefficient (Wildman–Crippen LogP) is 1.86. The number of rotatable bonds is 3. The number of thioether (sulfide) groups is 1. The van der Waals surface area contributed by atoms with Crippen LogP contribution in [0.25, 0.3) is 0 Å². The van der Waals surface area contributed by atoms with E-state index >= 15 is 0 Å². The molecule has 0 spiro atoms. The summed E-state index contributed by atoms with van der Waals surface area (Å²) in [6.07, 6.45) is 0. The zero-order chi connectivity index (χ0) is 7.98. The maximum absolute atomic E-state index is 10.9. The van der Waals surface area contributed by atoms with Crippen molar-refractivity contribution in [2.45, 2.75) is 0 Å². The van der Waals surface area contributed by atoms with Crippen LogP contribution in [-0.4, -0.2) is 23.2 Å². The lowest BCUT2D eigenvalue weighted by Crippen LogP contribution is -2.10. The summed E-state index contributed by atoms with van der Waals surface area (Å²) in [5.41, 5.74) is 0. The van der Waals surface area contributed by atoms with Crippen LogP contribution in [0, 0.1) is 0 Å². The van der Waals surface area contributed by atoms with Crippen molar-refractivity contribution < 1.29 is 4.79 Å². The molecule has 0 aliphatic carbocycles. The Balaban J connectivity index is 4.08. The first-order valence-electron chi connectivity index (χ1n) is 2.59. The van der Waals surface area contributed by atoms with Crippen LogP contribution in [0.3, 0.4) is 0 Å². The van der Waals surface area contributed by atoms with Crippen molar-refractivity contribution in [1.82, 2.24) is 0 Å². The third kappa shape index (κ3) is 3.17. The number of halogens is 1. The second-order valence-corrected chi connectivity index (χ2v) is 2.89. The van der Waals surface area contributed by atoms with Gasteiger partial charge in [0, 0.05) is 7.05 Å². The molecule has 0 aromatic rings. The van der Waals surface area contributed by atoms with Crippen molar-refractivity contribution in [3.05, 3.63) is 12.0 Å². The summed E-state index contributed by atoms with van der Waals surface area (Å²) in [4.78, 5) is 14.7. The average molecular weight is 222 g/mol. The minimum atomic E-state index is -0.00704. The minimum absolute atomic E-state index is 0.00704. The molecular formula is C6H8BrNOS. The number of carbonyl (C=O) groups excluding carboxylic acids is 1. The molecule has 0 amide bonds. The van der Waals surface area contributed by atoms with Crippen LogP contribution < -0.4 is 0 Å². The molecule has 0 saturated carbocycles. The van der Waals surface area contributed by atoms with Gasteiger partial charge in [-0.3, -0.25) is 9.79 Å². The highest BCUT2D eigenvalue weighted by Crippen LogP contribution is 2.06. The van der Waals surface area contributed by atoms with Gasteiger partial charge >= 0.3 is 0 Å². The van der Waals surface area contributed by atoms with Crippen molar-refractivity contribution in [2.24, 2.45) is 4.99 Å². The van der Waals surface area contributed by atoms with Crippen LogP contribution in [0.5, 0.6) is 0 Å². The fourth-order valence-electron chi connectivity index (χ4n) is 0.379. The van der Waals surface area contributed by atoms with Gasteiger partial charge in [0.15, 0.2) is 5.78 Å². The highest BCUT2D eigenvalue weighted by atomic mass is 79.9. The molecule has 0 aromatic heterocycles. The Morgan fingerprint density at radius 2 is 2.50 bits per heavy atom. The van der Waals surface area contributed by atoms with Crippen molar-refractivity contribution in [2.75, 3.05) is 12.4 Å². The Bertz CT molecular complexity index is 167. The monoisotopic (exact) mass is 221 g/mol. The lowest BCUT2D eigenvalue weighted by Gasteiger charge is -1.94. The number of aliphatic imine (C=N–C) groups is 1. The number of hydrogen-bond acceptors (Lipinski definition) is 3. The Hall–Kier alpha value is -0.0900. The van der Waals surface area contributed by atoms with Gasteiger partial charge in [-0.15, -0.1) is 0 Å². The first kappa shape index (κ1) is 9.91. The van der Waals surface area contributed by atoms with Gasteiger partial charge in [0.1, 0.15) is 5.04 Å². The number of carbonyl (C=O) groups is 1. The molecule has 0 rings (SSSR count). The summed E-state index contributed by atoms with van der Waals surface area (Å²) in [7, 11) is 1.59. The third-order valence-corrected chi connectivity index (χ3v) is 2.07. The van der Waals surface area contributed by atoms with E-state index in [0.717, 1.165) is 0 Å². The van der Waals surface area contributed by atoms with Crippen LogP contribution >= 0.6 is 27.7 Å². The van der Waals surface area contributed by atoms with Crippen molar-refractivity contribution in [1.29, 1.82) is 0 Å². The quantitative estimate of drug-likeness (QED) is 0.414. The van der Waals surface area contributed by atoms with Crippen molar-refractivity contribution >= 4 is 38.5 Å². The summed E-state index contributed by atoms with van der Waals surface area (Å²) in [5.74, 6) is -0.00704. The molecule has 0 bridgehead atoms. The maximum Gasteiger partial charge on any atom is 0.198 e. The first-order chi connectivity index (χ1) is 4.76. The van der Waals surface area contributed by atoms with Crippen LogP contribution in [0.15, 0.2) is 17.0 Å². The van der Waals surface area contributed by atoms with Crippen LogP contribution in [0.1, 0.15) is 0 Å². The molecule has 0 unspecified atom stereocenters. The molecular weight excluding hydrogens is 214 g/mol. The molecule has 0 atom stereocenters. The third-order valence-electron chi connectivity index (χ3n) is 0.758.